The van der Waals surface area contributed by atoms with Gasteiger partial charge < -0.3 is 4.90 Å². The van der Waals surface area contributed by atoms with Crippen LogP contribution in [0.2, 0.25) is 0 Å². The lowest BCUT2D eigenvalue weighted by atomic mass is 10.1. The Labute approximate surface area is 150 Å². The quantitative estimate of drug-likeness (QED) is 0.738. The van der Waals surface area contributed by atoms with Crippen molar-refractivity contribution in [1.29, 1.82) is 0 Å². The van der Waals surface area contributed by atoms with Crippen molar-refractivity contribution in [3.05, 3.63) is 30.1 Å². The number of carbonyl (C=O) groups excluding carboxylic acids is 1. The van der Waals surface area contributed by atoms with Gasteiger partial charge in [-0.15, -0.1) is 23.2 Å². The van der Waals surface area contributed by atoms with Gasteiger partial charge in [0.15, 0.2) is 0 Å². The first-order valence-corrected chi connectivity index (χ1v) is 9.70. The minimum atomic E-state index is -3.77. The SMILES string of the molecule is CC1(C(=O)N2CCN(S(=O)(=O)c3cccc(F)c3)CC2)CC1(Cl)Cl. The lowest BCUT2D eigenvalue weighted by molar-refractivity contribution is -0.137. The summed E-state index contributed by atoms with van der Waals surface area (Å²) in [6, 6.07) is 4.90. The van der Waals surface area contributed by atoms with Crippen LogP contribution in [0.1, 0.15) is 13.3 Å². The number of hydrogen-bond acceptors (Lipinski definition) is 3. The predicted octanol–water partition coefficient (Wildman–Crippen LogP) is 2.24. The molecule has 1 unspecified atom stereocenters. The standard InChI is InChI=1S/C15H17Cl2FN2O3S/c1-14(10-15(14,16)17)13(21)19-5-7-20(8-6-19)24(22,23)12-4-2-3-11(18)9-12/h2-4,9H,5-8,10H2,1H3. The van der Waals surface area contributed by atoms with Crippen LogP contribution >= 0.6 is 23.2 Å². The van der Waals surface area contributed by atoms with Crippen molar-refractivity contribution in [2.24, 2.45) is 5.41 Å². The molecule has 3 rings (SSSR count). The highest BCUT2D eigenvalue weighted by Gasteiger charge is 2.68. The number of carbonyl (C=O) groups is 1. The van der Waals surface area contributed by atoms with E-state index in [0.29, 0.717) is 6.42 Å². The molecular weight excluding hydrogens is 378 g/mol. The second-order valence-electron chi connectivity index (χ2n) is 6.37. The van der Waals surface area contributed by atoms with Gasteiger partial charge in [-0.3, -0.25) is 4.79 Å². The second kappa shape index (κ2) is 5.83. The molecule has 1 aliphatic heterocycles. The number of benzene rings is 1. The molecule has 0 N–H and O–H groups in total. The van der Waals surface area contributed by atoms with Gasteiger partial charge in [-0.05, 0) is 31.5 Å². The van der Waals surface area contributed by atoms with Crippen molar-refractivity contribution in [3.63, 3.8) is 0 Å². The van der Waals surface area contributed by atoms with Gasteiger partial charge in [-0.1, -0.05) is 6.07 Å². The Bertz CT molecular complexity index is 779. The molecule has 0 bridgehead atoms. The van der Waals surface area contributed by atoms with Gasteiger partial charge in [-0.25, -0.2) is 12.8 Å². The van der Waals surface area contributed by atoms with Crippen molar-refractivity contribution in [2.75, 3.05) is 26.2 Å². The minimum absolute atomic E-state index is 0.0861. The average Bonchev–Trinajstić information content (AvgIpc) is 3.06. The fourth-order valence-electron chi connectivity index (χ4n) is 2.89. The number of rotatable bonds is 3. The van der Waals surface area contributed by atoms with Crippen molar-refractivity contribution in [1.82, 2.24) is 9.21 Å². The summed E-state index contributed by atoms with van der Waals surface area (Å²) in [5.41, 5.74) is -0.806. The number of sulfonamides is 1. The third-order valence-electron chi connectivity index (χ3n) is 4.69. The summed E-state index contributed by atoms with van der Waals surface area (Å²) in [6.07, 6.45) is 0.393. The zero-order valence-corrected chi connectivity index (χ0v) is 15.3. The highest BCUT2D eigenvalue weighted by atomic mass is 35.5. The molecule has 1 heterocycles. The Morgan fingerprint density at radius 3 is 2.29 bits per heavy atom. The summed E-state index contributed by atoms with van der Waals surface area (Å²) < 4.78 is 38.6. The van der Waals surface area contributed by atoms with Crippen LogP contribution in [0.3, 0.4) is 0 Å². The molecule has 1 saturated heterocycles. The maximum absolute atomic E-state index is 13.3. The fourth-order valence-corrected chi connectivity index (χ4v) is 5.04. The molecule has 1 atom stereocenters. The van der Waals surface area contributed by atoms with E-state index in [0.717, 1.165) is 6.07 Å². The first-order chi connectivity index (χ1) is 11.1. The van der Waals surface area contributed by atoms with E-state index in [1.807, 2.05) is 0 Å². The van der Waals surface area contributed by atoms with E-state index in [1.165, 1.54) is 22.5 Å². The molecule has 9 heteroatoms. The van der Waals surface area contributed by atoms with Gasteiger partial charge in [0.05, 0.1) is 10.3 Å². The molecule has 2 aliphatic rings. The Hall–Kier alpha value is -0.890. The van der Waals surface area contributed by atoms with Gasteiger partial charge in [0.1, 0.15) is 10.2 Å². The van der Waals surface area contributed by atoms with Crippen LogP contribution in [0.4, 0.5) is 4.39 Å². The zero-order chi connectivity index (χ0) is 17.8. The van der Waals surface area contributed by atoms with Crippen LogP contribution < -0.4 is 0 Å². The number of alkyl halides is 2. The predicted molar refractivity (Wildman–Crippen MR) is 88.9 cm³/mol. The molecule has 1 saturated carbocycles. The topological polar surface area (TPSA) is 57.7 Å². The van der Waals surface area contributed by atoms with Crippen LogP contribution in [0.15, 0.2) is 29.2 Å². The highest BCUT2D eigenvalue weighted by molar-refractivity contribution is 7.89. The molecule has 24 heavy (non-hydrogen) atoms. The Morgan fingerprint density at radius 2 is 1.79 bits per heavy atom. The van der Waals surface area contributed by atoms with E-state index < -0.39 is 25.6 Å². The van der Waals surface area contributed by atoms with Gasteiger partial charge in [0, 0.05) is 26.2 Å². The third-order valence-corrected chi connectivity index (χ3v) is 7.69. The number of halogens is 3. The zero-order valence-electron chi connectivity index (χ0n) is 13.0. The van der Waals surface area contributed by atoms with Crippen LogP contribution in [0.5, 0.6) is 0 Å². The van der Waals surface area contributed by atoms with Crippen molar-refractivity contribution >= 4 is 39.1 Å². The van der Waals surface area contributed by atoms with E-state index >= 15 is 0 Å². The van der Waals surface area contributed by atoms with Gasteiger partial charge in [-0.2, -0.15) is 4.31 Å². The van der Waals surface area contributed by atoms with Crippen molar-refractivity contribution in [3.8, 4) is 0 Å². The normalized spacial score (nSPS) is 27.1. The summed E-state index contributed by atoms with van der Waals surface area (Å²) in [6.45, 7) is 2.53. The lowest BCUT2D eigenvalue weighted by Crippen LogP contribution is -2.52. The molecular formula is C15H17Cl2FN2O3S. The molecule has 2 fully saturated rings. The maximum Gasteiger partial charge on any atom is 0.243 e. The monoisotopic (exact) mass is 394 g/mol. The van der Waals surface area contributed by atoms with E-state index in [-0.39, 0.29) is 37.0 Å². The fraction of sp³-hybridized carbons (Fsp3) is 0.533. The number of hydrogen-bond donors (Lipinski definition) is 0. The molecule has 1 aliphatic carbocycles. The molecule has 1 amide bonds. The molecule has 1 aromatic rings. The van der Waals surface area contributed by atoms with Crippen LogP contribution in [0.25, 0.3) is 0 Å². The van der Waals surface area contributed by atoms with Gasteiger partial charge in [0.25, 0.3) is 0 Å². The summed E-state index contributed by atoms with van der Waals surface area (Å²) >= 11 is 12.1. The minimum Gasteiger partial charge on any atom is -0.339 e. The number of amides is 1. The van der Waals surface area contributed by atoms with Crippen molar-refractivity contribution in [2.45, 2.75) is 22.6 Å². The summed E-state index contributed by atoms with van der Waals surface area (Å²) in [5, 5.41) is 0. The summed E-state index contributed by atoms with van der Waals surface area (Å²) in [7, 11) is -3.77. The largest absolute Gasteiger partial charge is 0.339 e. The first-order valence-electron chi connectivity index (χ1n) is 7.51. The summed E-state index contributed by atoms with van der Waals surface area (Å²) in [5.74, 6) is -0.762. The van der Waals surface area contributed by atoms with E-state index in [4.69, 9.17) is 23.2 Å². The van der Waals surface area contributed by atoms with E-state index in [1.54, 1.807) is 11.8 Å². The molecule has 0 aromatic heterocycles. The average molecular weight is 395 g/mol. The van der Waals surface area contributed by atoms with E-state index in [2.05, 4.69) is 0 Å². The third kappa shape index (κ3) is 2.92. The summed E-state index contributed by atoms with van der Waals surface area (Å²) in [4.78, 5) is 14.0. The number of nitrogens with zero attached hydrogens (tertiary/aromatic N) is 2. The molecule has 132 valence electrons. The van der Waals surface area contributed by atoms with Gasteiger partial charge >= 0.3 is 0 Å². The number of piperazine rings is 1. The Kier molecular flexibility index (Phi) is 4.35. The molecule has 0 spiro atoms. The van der Waals surface area contributed by atoms with Crippen LogP contribution in [0, 0.1) is 11.2 Å². The molecule has 0 radical (unpaired) electrons. The molecule has 1 aromatic carbocycles. The van der Waals surface area contributed by atoms with Crippen LogP contribution in [-0.2, 0) is 14.8 Å². The smallest absolute Gasteiger partial charge is 0.243 e. The van der Waals surface area contributed by atoms with Crippen LogP contribution in [-0.4, -0.2) is 54.0 Å². The first kappa shape index (κ1) is 17.9. The lowest BCUT2D eigenvalue weighted by Gasteiger charge is -2.35. The van der Waals surface area contributed by atoms with E-state index in [9.17, 15) is 17.6 Å². The van der Waals surface area contributed by atoms with Crippen molar-refractivity contribution < 1.29 is 17.6 Å². The van der Waals surface area contributed by atoms with Gasteiger partial charge in [0.2, 0.25) is 15.9 Å². The highest BCUT2D eigenvalue weighted by Crippen LogP contribution is 2.64. The second-order valence-corrected chi connectivity index (χ2v) is 9.79. The maximum atomic E-state index is 13.3. The Morgan fingerprint density at radius 1 is 1.21 bits per heavy atom. The Balaban J connectivity index is 1.68. The molecule has 5 nitrogen and oxygen atoms in total.